The first-order chi connectivity index (χ1) is 59.3. The van der Waals surface area contributed by atoms with E-state index < -0.39 is 35.7 Å². The fourth-order valence-electron chi connectivity index (χ4n) is 16.6. The summed E-state index contributed by atoms with van der Waals surface area (Å²) >= 11 is 0. The molecule has 0 atom stereocenters. The van der Waals surface area contributed by atoms with Gasteiger partial charge in [-0.2, -0.15) is 0 Å². The number of nitrogens with zero attached hydrogens (tertiary/aromatic N) is 8. The Balaban J connectivity index is 0.000000154. The minimum Gasteiger partial charge on any atom is -0.478 e. The molecule has 5 aliphatic rings. The zero-order valence-corrected chi connectivity index (χ0v) is 76.7. The van der Waals surface area contributed by atoms with E-state index in [1.807, 2.05) is 12.1 Å². The van der Waals surface area contributed by atoms with E-state index >= 15 is 0 Å². The smallest absolute Gasteiger partial charge is 0.338 e. The number of halogens is 1. The highest BCUT2D eigenvalue weighted by molar-refractivity contribution is 5.89. The van der Waals surface area contributed by atoms with Crippen molar-refractivity contribution in [2.45, 2.75) is 264 Å². The Hall–Kier alpha value is -13.3. The van der Waals surface area contributed by atoms with Gasteiger partial charge in [-0.1, -0.05) is 186 Å². The predicted octanol–water partition coefficient (Wildman–Crippen LogP) is 21.3. The zero-order valence-electron chi connectivity index (χ0n) is 76.7. The number of aromatic carboxylic acids is 5. The van der Waals surface area contributed by atoms with Crippen molar-refractivity contribution in [2.75, 3.05) is 0 Å². The number of hydrogen-bond donors (Lipinski definition) is 5. The number of carboxylic acid groups (broad SMARTS) is 5. The minimum absolute atomic E-state index is 0.00131. The lowest BCUT2D eigenvalue weighted by molar-refractivity contribution is 0.0681. The topological polar surface area (TPSA) is 290 Å². The Morgan fingerprint density at radius 3 is 0.984 bits per heavy atom. The van der Waals surface area contributed by atoms with Crippen molar-refractivity contribution in [1.29, 1.82) is 0 Å². The van der Waals surface area contributed by atoms with E-state index in [0.717, 1.165) is 90.0 Å². The number of rotatable bonds is 5. The summed E-state index contributed by atoms with van der Waals surface area (Å²) in [4.78, 5) is 89.4. The Kier molecular flexibility index (Phi) is 27.3. The van der Waals surface area contributed by atoms with Crippen LogP contribution in [0.15, 0.2) is 152 Å². The van der Waals surface area contributed by atoms with Crippen LogP contribution in [0.5, 0.6) is 0 Å². The van der Waals surface area contributed by atoms with Crippen molar-refractivity contribution in [3.8, 4) is 59.2 Å². The number of hydrogen-bond acceptors (Lipinski definition) is 13. The molecule has 18 nitrogen and oxygen atoms in total. The number of aryl methyl sites for hydroxylation is 1. The predicted molar refractivity (Wildman–Crippen MR) is 493 cm³/mol. The summed E-state index contributed by atoms with van der Waals surface area (Å²) in [5.41, 5.74) is 21.3. The standard InChI is InChI=1S/C23H23FO2.C23H25NO2.2C21H22N2O2.C20H21N3O2/c1-22(2)11-12-23(3,4)19-13-15(8-10-18(19)22)5-6-16-7-9-17(21(25)26)20(24)14-16;1-15-12-19-20(23(4,5)11-10-22(19,2)3)13-16(15)6-8-18-9-7-17(14-24-18)21(25)26;1-20(2)11-12-21(3,4)18-17(20)22-13-16(23-18)10-7-14-5-8-15(9-6-14)19(24)25;1-20(2)9-10-21(3,4)17-11-14(5-7-16(17)20)6-8-18-22-12-15(13-23-18)19(24)25;1-19(2)9-10-20(3,4)17-16(19)22-12-15(23-17)8-7-14-6-5-13(11-21-14)18(24)25/h7-10,13-14H,11-12H2,1-4H3,(H,25,26);7,9,12-14H,10-11H2,1-5H3,(H,25,26);5-6,8-9,13H,11-12H2,1-4H3,(H,24,25);5,7,11-13H,9-10H2,1-4H3,(H,24,25);5-6,11-12H,9-10H2,1-4H3,(H,24,25). The van der Waals surface area contributed by atoms with E-state index in [4.69, 9.17) is 35.5 Å². The molecule has 0 bridgehead atoms. The van der Waals surface area contributed by atoms with Gasteiger partial charge in [0.1, 0.15) is 28.6 Å². The number of pyridine rings is 2. The van der Waals surface area contributed by atoms with Crippen LogP contribution >= 0.6 is 0 Å². The highest BCUT2D eigenvalue weighted by Crippen LogP contribution is 2.50. The van der Waals surface area contributed by atoms with Gasteiger partial charge >= 0.3 is 29.8 Å². The molecule has 5 heterocycles. The van der Waals surface area contributed by atoms with Crippen LogP contribution in [0.25, 0.3) is 0 Å². The highest BCUT2D eigenvalue weighted by atomic mass is 19.1. The van der Waals surface area contributed by atoms with Crippen LogP contribution in [0.4, 0.5) is 4.39 Å². The van der Waals surface area contributed by atoms with Gasteiger partial charge in [-0.3, -0.25) is 9.97 Å². The first kappa shape index (κ1) is 94.4. The molecule has 5 aliphatic carbocycles. The van der Waals surface area contributed by atoms with Crippen LogP contribution in [0.3, 0.4) is 0 Å². The summed E-state index contributed by atoms with van der Waals surface area (Å²) in [5, 5.41) is 44.5. The molecule has 0 spiro atoms. The zero-order chi connectivity index (χ0) is 93.0. The Morgan fingerprint density at radius 2 is 0.591 bits per heavy atom. The Labute approximate surface area is 746 Å². The molecule has 0 unspecified atom stereocenters. The maximum atomic E-state index is 13.8. The quantitative estimate of drug-likeness (QED) is 0.100. The number of carbonyl (C=O) groups is 5. The molecule has 5 aromatic carbocycles. The molecule has 5 N–H and O–H groups in total. The number of carboxylic acids is 5. The molecule has 0 amide bonds. The first-order valence-corrected chi connectivity index (χ1v) is 42.9. The van der Waals surface area contributed by atoms with Crippen LogP contribution in [0.2, 0.25) is 0 Å². The first-order valence-electron chi connectivity index (χ1n) is 42.9. The second-order valence-corrected chi connectivity index (χ2v) is 40.2. The summed E-state index contributed by atoms with van der Waals surface area (Å²) in [7, 11) is 0. The molecule has 15 rings (SSSR count). The number of aromatic nitrogens is 8. The third-order valence-corrected chi connectivity index (χ3v) is 25.7. The van der Waals surface area contributed by atoms with E-state index in [1.165, 1.54) is 113 Å². The van der Waals surface area contributed by atoms with Gasteiger partial charge in [0.25, 0.3) is 0 Å². The lowest BCUT2D eigenvalue weighted by Crippen LogP contribution is -2.36. The van der Waals surface area contributed by atoms with Crippen LogP contribution in [-0.4, -0.2) is 95.3 Å². The molecular formula is C108H113FN8O10. The van der Waals surface area contributed by atoms with Crippen LogP contribution < -0.4 is 0 Å². The third-order valence-electron chi connectivity index (χ3n) is 25.7. The second-order valence-electron chi connectivity index (χ2n) is 40.2. The fraction of sp³-hybridized carbons (Fsp3) is 0.380. The average molecular weight is 1700 g/mol. The molecule has 127 heavy (non-hydrogen) atoms. The van der Waals surface area contributed by atoms with Crippen LogP contribution in [-0.2, 0) is 54.1 Å². The van der Waals surface area contributed by atoms with Crippen molar-refractivity contribution in [3.05, 3.63) is 304 Å². The molecule has 0 radical (unpaired) electrons. The van der Waals surface area contributed by atoms with Crippen molar-refractivity contribution >= 4 is 29.8 Å². The molecular weight excluding hydrogens is 1590 g/mol. The SMILES string of the molecule is CC1(C)CCC(C)(C)c2cc(C#Cc3ccc(C(=O)O)c(F)c3)ccc21.CC1(C)CCC(C)(C)c2cc(C#Cc3ncc(C(=O)O)cn3)ccc21.CC1(C)CCC(C)(C)c2nc(C#Cc3ccc(C(=O)O)cc3)cnc21.CC1(C)CCC(C)(C)c2nc(C#Cc3ccc(C(=O)O)cn3)cnc21.Cc1cc2c(cc1C#Cc1ccc(C(=O)O)cn1)C(C)(C)CCC2(C)C. The largest absolute Gasteiger partial charge is 0.478 e. The molecule has 0 saturated heterocycles. The summed E-state index contributed by atoms with van der Waals surface area (Å²) in [6.07, 6.45) is 20.0. The third kappa shape index (κ3) is 22.5. The summed E-state index contributed by atoms with van der Waals surface area (Å²) < 4.78 is 13.8. The van der Waals surface area contributed by atoms with E-state index in [1.54, 1.807) is 48.8 Å². The van der Waals surface area contributed by atoms with E-state index in [-0.39, 0.29) is 82.0 Å². The molecule has 5 aromatic heterocycles. The van der Waals surface area contributed by atoms with Crippen LogP contribution in [0, 0.1) is 71.9 Å². The summed E-state index contributed by atoms with van der Waals surface area (Å²) in [5.74, 6) is 24.7. The normalized spacial score (nSPS) is 17.1. The molecule has 10 aromatic rings. The maximum absolute atomic E-state index is 13.8. The van der Waals surface area contributed by atoms with Crippen molar-refractivity contribution in [3.63, 3.8) is 0 Å². The van der Waals surface area contributed by atoms with Gasteiger partial charge in [-0.05, 0) is 269 Å². The van der Waals surface area contributed by atoms with E-state index in [9.17, 15) is 28.4 Å². The monoisotopic (exact) mass is 1700 g/mol. The second kappa shape index (κ2) is 36.7. The van der Waals surface area contributed by atoms with Gasteiger partial charge in [-0.25, -0.2) is 58.3 Å². The highest BCUT2D eigenvalue weighted by Gasteiger charge is 2.43. The summed E-state index contributed by atoms with van der Waals surface area (Å²) in [6, 6.07) is 34.0. The molecule has 652 valence electrons. The average Bonchev–Trinajstić information content (AvgIpc) is 0.767. The Bertz CT molecular complexity index is 5950. The van der Waals surface area contributed by atoms with Crippen molar-refractivity contribution in [2.24, 2.45) is 0 Å². The van der Waals surface area contributed by atoms with Gasteiger partial charge in [0, 0.05) is 74.3 Å². The van der Waals surface area contributed by atoms with Gasteiger partial charge < -0.3 is 25.5 Å². The molecule has 19 heteroatoms. The maximum Gasteiger partial charge on any atom is 0.338 e. The van der Waals surface area contributed by atoms with Crippen molar-refractivity contribution in [1.82, 2.24) is 39.9 Å². The van der Waals surface area contributed by atoms with Gasteiger partial charge in [-0.15, -0.1) is 0 Å². The Morgan fingerprint density at radius 1 is 0.276 bits per heavy atom. The van der Waals surface area contributed by atoms with Gasteiger partial charge in [0.15, 0.2) is 0 Å². The van der Waals surface area contributed by atoms with E-state index in [0.29, 0.717) is 34.2 Å². The van der Waals surface area contributed by atoms with Crippen molar-refractivity contribution < 1.29 is 53.9 Å². The van der Waals surface area contributed by atoms with Crippen LogP contribution in [0.1, 0.15) is 373 Å². The minimum atomic E-state index is -1.28. The lowest BCUT2D eigenvalue weighted by atomic mass is 9.62. The fourth-order valence-corrected chi connectivity index (χ4v) is 16.6. The molecule has 0 fully saturated rings. The van der Waals surface area contributed by atoms with Gasteiger partial charge in [0.05, 0.1) is 63.0 Å². The number of fused-ring (bicyclic) bond motifs is 5. The summed E-state index contributed by atoms with van der Waals surface area (Å²) in [6.45, 7) is 47.2. The molecule has 0 saturated carbocycles. The lowest BCUT2D eigenvalue weighted by Gasteiger charge is -2.42. The van der Waals surface area contributed by atoms with E-state index in [2.05, 4.69) is 271 Å². The van der Waals surface area contributed by atoms with Gasteiger partial charge in [0.2, 0.25) is 5.82 Å². The number of benzene rings is 5. The molecule has 0 aliphatic heterocycles.